The van der Waals surface area contributed by atoms with Gasteiger partial charge in [0.25, 0.3) is 11.1 Å². The van der Waals surface area contributed by atoms with E-state index in [1.54, 1.807) is 16.8 Å². The number of fused-ring (bicyclic) bond motifs is 1. The van der Waals surface area contributed by atoms with E-state index in [-0.39, 0.29) is 23.7 Å². The number of anilines is 3. The molecule has 1 aromatic carbocycles. The molecule has 0 saturated carbocycles. The van der Waals surface area contributed by atoms with Gasteiger partial charge in [0.15, 0.2) is 11.5 Å². The van der Waals surface area contributed by atoms with Crippen molar-refractivity contribution in [1.82, 2.24) is 34.4 Å². The molecule has 2 fully saturated rings. The summed E-state index contributed by atoms with van der Waals surface area (Å²) in [5, 5.41) is 11.5. The topological polar surface area (TPSA) is 115 Å². The van der Waals surface area contributed by atoms with Crippen LogP contribution < -0.4 is 26.7 Å². The number of hydrogen-bond donors (Lipinski definition) is 2. The molecule has 4 aromatic rings. The first-order valence-electron chi connectivity index (χ1n) is 12.8. The Bertz CT molecular complexity index is 1670. The molecule has 0 bridgehead atoms. The average Bonchev–Trinajstić information content (AvgIpc) is 3.10. The molecule has 0 aliphatic carbocycles. The van der Waals surface area contributed by atoms with Crippen LogP contribution in [0, 0.1) is 12.3 Å². The van der Waals surface area contributed by atoms with Gasteiger partial charge in [0.05, 0.1) is 12.6 Å². The Morgan fingerprint density at radius 2 is 1.97 bits per heavy atom. The molecular weight excluding hydrogens is 482 g/mol. The van der Waals surface area contributed by atoms with E-state index in [0.29, 0.717) is 28.2 Å². The lowest BCUT2D eigenvalue weighted by Gasteiger charge is -2.57. The second kappa shape index (κ2) is 8.95. The molecule has 2 aliphatic heterocycles. The maximum Gasteiger partial charge on any atom is 0.278 e. The molecule has 3 aromatic heterocycles. The summed E-state index contributed by atoms with van der Waals surface area (Å²) in [6.45, 7) is 14.3. The maximum atomic E-state index is 13.2. The Hall–Kier alpha value is -4.25. The van der Waals surface area contributed by atoms with Crippen molar-refractivity contribution in [1.29, 1.82) is 0 Å². The molecule has 2 saturated heterocycles. The first-order chi connectivity index (χ1) is 18.3. The summed E-state index contributed by atoms with van der Waals surface area (Å²) in [4.78, 5) is 37.1. The molecule has 1 spiro atoms. The molecule has 0 radical (unpaired) electrons. The highest BCUT2D eigenvalue weighted by Gasteiger charge is 2.47. The van der Waals surface area contributed by atoms with Crippen LogP contribution in [0.2, 0.25) is 0 Å². The molecule has 196 valence electrons. The number of nitrogens with one attached hydrogen (secondary N) is 2. The number of benzene rings is 1. The van der Waals surface area contributed by atoms with Gasteiger partial charge in [-0.05, 0) is 50.6 Å². The number of aromatic nitrogens is 6. The van der Waals surface area contributed by atoms with Gasteiger partial charge in [0, 0.05) is 55.2 Å². The smallest absolute Gasteiger partial charge is 0.278 e. The normalized spacial score (nSPS) is 16.1. The summed E-state index contributed by atoms with van der Waals surface area (Å²) in [6, 6.07) is 9.14. The van der Waals surface area contributed by atoms with Crippen molar-refractivity contribution in [3.05, 3.63) is 75.5 Å². The van der Waals surface area contributed by atoms with Gasteiger partial charge in [-0.15, -0.1) is 11.7 Å². The van der Waals surface area contributed by atoms with E-state index in [2.05, 4.69) is 51.3 Å². The van der Waals surface area contributed by atoms with E-state index in [9.17, 15) is 9.59 Å². The summed E-state index contributed by atoms with van der Waals surface area (Å²) in [7, 11) is 0. The quantitative estimate of drug-likeness (QED) is 0.362. The standard InChI is InChI=1S/C27H31N9O2/c1-5-10-34-25(38)20-12-29-26(31-24(20)36(34)22-8-9-23(37)35(32-22)17(2)3)30-19-6-7-21(18(4)11-19)33-15-27(16-33)13-28-14-27/h5-9,11-12,17,28H,1,10,13-16H2,2-4H3,(H,29,30,31). The lowest BCUT2D eigenvalue weighted by Crippen LogP contribution is -2.71. The fourth-order valence-corrected chi connectivity index (χ4v) is 5.36. The summed E-state index contributed by atoms with van der Waals surface area (Å²) in [5.41, 5.74) is 3.65. The van der Waals surface area contributed by atoms with Gasteiger partial charge in [-0.25, -0.2) is 19.0 Å². The van der Waals surface area contributed by atoms with Crippen molar-refractivity contribution in [3.8, 4) is 5.82 Å². The molecule has 0 atom stereocenters. The summed E-state index contributed by atoms with van der Waals surface area (Å²) >= 11 is 0. The van der Waals surface area contributed by atoms with Gasteiger partial charge in [0.2, 0.25) is 5.95 Å². The van der Waals surface area contributed by atoms with Crippen LogP contribution in [0.25, 0.3) is 16.9 Å². The predicted molar refractivity (Wildman–Crippen MR) is 148 cm³/mol. The van der Waals surface area contributed by atoms with Crippen LogP contribution in [0.5, 0.6) is 0 Å². The Kier molecular flexibility index (Phi) is 5.68. The van der Waals surface area contributed by atoms with Gasteiger partial charge < -0.3 is 15.5 Å². The zero-order chi connectivity index (χ0) is 26.6. The van der Waals surface area contributed by atoms with Crippen molar-refractivity contribution in [2.75, 3.05) is 36.4 Å². The number of aryl methyl sites for hydroxylation is 1. The van der Waals surface area contributed by atoms with Crippen molar-refractivity contribution in [3.63, 3.8) is 0 Å². The molecule has 5 heterocycles. The summed E-state index contributed by atoms with van der Waals surface area (Å²) in [5.74, 6) is 0.765. The van der Waals surface area contributed by atoms with Crippen LogP contribution in [0.4, 0.5) is 17.3 Å². The van der Waals surface area contributed by atoms with Crippen LogP contribution in [-0.2, 0) is 6.54 Å². The van der Waals surface area contributed by atoms with E-state index >= 15 is 0 Å². The largest absolute Gasteiger partial charge is 0.370 e. The van der Waals surface area contributed by atoms with Gasteiger partial charge in [-0.1, -0.05) is 6.08 Å². The van der Waals surface area contributed by atoms with Crippen molar-refractivity contribution >= 4 is 28.4 Å². The Labute approximate surface area is 219 Å². The van der Waals surface area contributed by atoms with E-state index < -0.39 is 0 Å². The Morgan fingerprint density at radius 3 is 2.63 bits per heavy atom. The second-order valence-electron chi connectivity index (χ2n) is 10.6. The van der Waals surface area contributed by atoms with Crippen LogP contribution in [0.1, 0.15) is 25.5 Å². The maximum absolute atomic E-state index is 13.2. The first kappa shape index (κ1) is 24.1. The number of hydrogen-bond acceptors (Lipinski definition) is 8. The van der Waals surface area contributed by atoms with E-state index in [4.69, 9.17) is 4.98 Å². The number of rotatable bonds is 7. The molecular formula is C27H31N9O2. The van der Waals surface area contributed by atoms with Crippen molar-refractivity contribution in [2.45, 2.75) is 33.4 Å². The monoisotopic (exact) mass is 513 g/mol. The fraction of sp³-hybridized carbons (Fsp3) is 0.370. The predicted octanol–water partition coefficient (Wildman–Crippen LogP) is 2.37. The average molecular weight is 514 g/mol. The molecule has 0 unspecified atom stereocenters. The van der Waals surface area contributed by atoms with E-state index in [1.807, 2.05) is 19.9 Å². The summed E-state index contributed by atoms with van der Waals surface area (Å²) in [6.07, 6.45) is 3.16. The third kappa shape index (κ3) is 3.90. The van der Waals surface area contributed by atoms with Crippen LogP contribution in [0.3, 0.4) is 0 Å². The van der Waals surface area contributed by atoms with Crippen LogP contribution in [-0.4, -0.2) is 55.3 Å². The molecule has 38 heavy (non-hydrogen) atoms. The minimum atomic E-state index is -0.260. The zero-order valence-corrected chi connectivity index (χ0v) is 21.8. The Morgan fingerprint density at radius 1 is 1.18 bits per heavy atom. The lowest BCUT2D eigenvalue weighted by atomic mass is 9.74. The summed E-state index contributed by atoms with van der Waals surface area (Å²) < 4.78 is 4.49. The van der Waals surface area contributed by atoms with Gasteiger partial charge >= 0.3 is 0 Å². The SMILES string of the molecule is C=CCn1c(=O)c2cnc(Nc3ccc(N4CC5(CNC5)C4)c(C)c3)nc2n1-c1ccc(=O)n(C(C)C)n1. The van der Waals surface area contributed by atoms with Crippen LogP contribution >= 0.6 is 0 Å². The van der Waals surface area contributed by atoms with Gasteiger partial charge in [0.1, 0.15) is 5.39 Å². The highest BCUT2D eigenvalue weighted by molar-refractivity contribution is 5.77. The minimum Gasteiger partial charge on any atom is -0.370 e. The third-order valence-corrected chi connectivity index (χ3v) is 7.34. The molecule has 2 N–H and O–H groups in total. The highest BCUT2D eigenvalue weighted by atomic mass is 16.1. The Balaban J connectivity index is 1.36. The minimum absolute atomic E-state index is 0.144. The molecule has 11 heteroatoms. The molecule has 0 amide bonds. The van der Waals surface area contributed by atoms with Crippen LogP contribution in [0.15, 0.2) is 58.8 Å². The molecule has 6 rings (SSSR count). The number of allylic oxidation sites excluding steroid dienone is 1. The highest BCUT2D eigenvalue weighted by Crippen LogP contribution is 2.39. The second-order valence-corrected chi connectivity index (χ2v) is 10.6. The van der Waals surface area contributed by atoms with E-state index in [0.717, 1.165) is 31.9 Å². The van der Waals surface area contributed by atoms with Crippen molar-refractivity contribution in [2.24, 2.45) is 5.41 Å². The third-order valence-electron chi connectivity index (χ3n) is 7.34. The fourth-order valence-electron chi connectivity index (χ4n) is 5.36. The van der Waals surface area contributed by atoms with Gasteiger partial charge in [-0.3, -0.25) is 9.59 Å². The first-order valence-corrected chi connectivity index (χ1v) is 12.8. The van der Waals surface area contributed by atoms with E-state index in [1.165, 1.54) is 32.9 Å². The molecule has 2 aliphatic rings. The van der Waals surface area contributed by atoms with Gasteiger partial charge in [-0.2, -0.15) is 4.98 Å². The van der Waals surface area contributed by atoms with Crippen molar-refractivity contribution < 1.29 is 0 Å². The zero-order valence-electron chi connectivity index (χ0n) is 21.8. The number of nitrogens with zero attached hydrogens (tertiary/aromatic N) is 7. The molecule has 11 nitrogen and oxygen atoms in total. The lowest BCUT2D eigenvalue weighted by molar-refractivity contribution is 0.121.